The van der Waals surface area contributed by atoms with Crippen LogP contribution in [-0.2, 0) is 6.42 Å². The lowest BCUT2D eigenvalue weighted by molar-refractivity contribution is 1.35. The molecule has 0 bridgehead atoms. The number of aryl methyl sites for hydroxylation is 2. The van der Waals surface area contributed by atoms with E-state index in [4.69, 9.17) is 0 Å². The predicted octanol–water partition coefficient (Wildman–Crippen LogP) is 4.23. The fourth-order valence-electron chi connectivity index (χ4n) is 2.58. The van der Waals surface area contributed by atoms with Crippen LogP contribution in [-0.4, -0.2) is 6.21 Å². The second-order valence-electron chi connectivity index (χ2n) is 4.60. The molecule has 0 amide bonds. The van der Waals surface area contributed by atoms with Gasteiger partial charge in [-0.05, 0) is 36.1 Å². The van der Waals surface area contributed by atoms with Crippen molar-refractivity contribution in [3.05, 3.63) is 53.1 Å². The molecule has 0 atom stereocenters. The Bertz CT molecular complexity index is 589. The highest BCUT2D eigenvalue weighted by Gasteiger charge is 2.14. The highest BCUT2D eigenvalue weighted by molar-refractivity contribution is 5.88. The molecule has 0 aliphatic carbocycles. The molecule has 1 aliphatic rings. The summed E-state index contributed by atoms with van der Waals surface area (Å²) in [5, 5.41) is 0. The predicted molar refractivity (Wildman–Crippen MR) is 73.2 cm³/mol. The number of hydrogen-bond acceptors (Lipinski definition) is 1. The first-order valence-corrected chi connectivity index (χ1v) is 5.98. The van der Waals surface area contributed by atoms with E-state index in [0.717, 1.165) is 12.1 Å². The Labute approximate surface area is 102 Å². The zero-order valence-electron chi connectivity index (χ0n) is 10.2. The Hall–Kier alpha value is -1.89. The molecular formula is C16H15N. The van der Waals surface area contributed by atoms with Crippen LogP contribution in [0.2, 0.25) is 0 Å². The monoisotopic (exact) mass is 221 g/mol. The van der Waals surface area contributed by atoms with Gasteiger partial charge in [-0.1, -0.05) is 36.4 Å². The molecule has 0 N–H and O–H groups in total. The number of fused-ring (bicyclic) bond motifs is 1. The molecular weight excluding hydrogens is 206 g/mol. The van der Waals surface area contributed by atoms with Crippen molar-refractivity contribution in [2.45, 2.75) is 20.3 Å². The second kappa shape index (κ2) is 3.85. The van der Waals surface area contributed by atoms with Crippen LogP contribution < -0.4 is 0 Å². The molecule has 0 radical (unpaired) electrons. The van der Waals surface area contributed by atoms with Gasteiger partial charge < -0.3 is 0 Å². The van der Waals surface area contributed by atoms with Crippen molar-refractivity contribution in [3.63, 3.8) is 0 Å². The lowest BCUT2D eigenvalue weighted by Crippen LogP contribution is -1.89. The molecule has 1 heterocycles. The first kappa shape index (κ1) is 10.3. The first-order valence-electron chi connectivity index (χ1n) is 5.98. The average Bonchev–Trinajstić information content (AvgIpc) is 2.77. The summed E-state index contributed by atoms with van der Waals surface area (Å²) >= 11 is 0. The van der Waals surface area contributed by atoms with E-state index in [1.54, 1.807) is 0 Å². The molecule has 0 fully saturated rings. The summed E-state index contributed by atoms with van der Waals surface area (Å²) in [6, 6.07) is 12.9. The number of nitrogens with zero attached hydrogens (tertiary/aromatic N) is 1. The topological polar surface area (TPSA) is 12.4 Å². The number of rotatable bonds is 1. The highest BCUT2D eigenvalue weighted by atomic mass is 14.8. The standard InChI is InChI=1S/C16H15N/c1-11-5-3-6-12(2)15(11)14-8-4-7-13-9-10-17-16(13)14/h3-8,10H,9H2,1-2H3. The molecule has 1 nitrogen and oxygen atoms in total. The molecule has 0 spiro atoms. The van der Waals surface area contributed by atoms with Crippen LogP contribution in [0.4, 0.5) is 5.69 Å². The van der Waals surface area contributed by atoms with Crippen LogP contribution in [0.3, 0.4) is 0 Å². The van der Waals surface area contributed by atoms with E-state index in [-0.39, 0.29) is 0 Å². The van der Waals surface area contributed by atoms with Gasteiger partial charge >= 0.3 is 0 Å². The lowest BCUT2D eigenvalue weighted by atomic mass is 9.93. The Morgan fingerprint density at radius 2 is 1.65 bits per heavy atom. The summed E-state index contributed by atoms with van der Waals surface area (Å²) in [5.74, 6) is 0. The third kappa shape index (κ3) is 1.59. The Balaban J connectivity index is 2.30. The largest absolute Gasteiger partial charge is 0.260 e. The Morgan fingerprint density at radius 1 is 0.941 bits per heavy atom. The van der Waals surface area contributed by atoms with Crippen LogP contribution in [0.1, 0.15) is 16.7 Å². The van der Waals surface area contributed by atoms with Gasteiger partial charge in [-0.3, -0.25) is 4.99 Å². The summed E-state index contributed by atoms with van der Waals surface area (Å²) in [7, 11) is 0. The van der Waals surface area contributed by atoms with E-state index in [0.29, 0.717) is 0 Å². The van der Waals surface area contributed by atoms with E-state index < -0.39 is 0 Å². The molecule has 0 saturated heterocycles. The molecule has 17 heavy (non-hydrogen) atoms. The van der Waals surface area contributed by atoms with Gasteiger partial charge in [-0.15, -0.1) is 0 Å². The van der Waals surface area contributed by atoms with Crippen molar-refractivity contribution in [3.8, 4) is 11.1 Å². The van der Waals surface area contributed by atoms with Gasteiger partial charge in [-0.2, -0.15) is 0 Å². The fraction of sp³-hybridized carbons (Fsp3) is 0.188. The number of hydrogen-bond donors (Lipinski definition) is 0. The first-order chi connectivity index (χ1) is 8.27. The number of benzene rings is 2. The maximum absolute atomic E-state index is 4.53. The van der Waals surface area contributed by atoms with Crippen LogP contribution in [0.5, 0.6) is 0 Å². The maximum Gasteiger partial charge on any atom is 0.0740 e. The zero-order valence-corrected chi connectivity index (χ0v) is 10.2. The molecule has 2 aromatic carbocycles. The summed E-state index contributed by atoms with van der Waals surface area (Å²) in [6.07, 6.45) is 2.97. The van der Waals surface area contributed by atoms with E-state index >= 15 is 0 Å². The quantitative estimate of drug-likeness (QED) is 0.683. The van der Waals surface area contributed by atoms with E-state index in [1.807, 2.05) is 6.21 Å². The van der Waals surface area contributed by atoms with Gasteiger partial charge in [0.25, 0.3) is 0 Å². The smallest absolute Gasteiger partial charge is 0.0740 e. The number of aliphatic imine (C=N–C) groups is 1. The minimum Gasteiger partial charge on any atom is -0.260 e. The summed E-state index contributed by atoms with van der Waals surface area (Å²) in [4.78, 5) is 4.53. The molecule has 0 saturated carbocycles. The summed E-state index contributed by atoms with van der Waals surface area (Å²) < 4.78 is 0. The summed E-state index contributed by atoms with van der Waals surface area (Å²) in [6.45, 7) is 4.33. The molecule has 2 aromatic rings. The van der Waals surface area contributed by atoms with Gasteiger partial charge in [0.2, 0.25) is 0 Å². The molecule has 0 unspecified atom stereocenters. The number of para-hydroxylation sites is 1. The molecule has 84 valence electrons. The van der Waals surface area contributed by atoms with Crippen molar-refractivity contribution in [2.24, 2.45) is 4.99 Å². The molecule has 1 heteroatoms. The normalized spacial score (nSPS) is 12.8. The van der Waals surface area contributed by atoms with Crippen LogP contribution >= 0.6 is 0 Å². The third-order valence-corrected chi connectivity index (χ3v) is 3.40. The van der Waals surface area contributed by atoms with Gasteiger partial charge in [-0.25, -0.2) is 0 Å². The van der Waals surface area contributed by atoms with Crippen LogP contribution in [0.15, 0.2) is 41.4 Å². The highest BCUT2D eigenvalue weighted by Crippen LogP contribution is 2.38. The fourth-order valence-corrected chi connectivity index (χ4v) is 2.58. The lowest BCUT2D eigenvalue weighted by Gasteiger charge is -2.12. The minimum atomic E-state index is 0.966. The molecule has 3 rings (SSSR count). The van der Waals surface area contributed by atoms with Gasteiger partial charge in [0.15, 0.2) is 0 Å². The molecule has 0 aromatic heterocycles. The van der Waals surface area contributed by atoms with Crippen LogP contribution in [0, 0.1) is 13.8 Å². The van der Waals surface area contributed by atoms with Crippen molar-refractivity contribution < 1.29 is 0 Å². The van der Waals surface area contributed by atoms with Crippen molar-refractivity contribution >= 4 is 11.9 Å². The van der Waals surface area contributed by atoms with E-state index in [2.05, 4.69) is 55.2 Å². The van der Waals surface area contributed by atoms with Crippen molar-refractivity contribution in [1.82, 2.24) is 0 Å². The zero-order chi connectivity index (χ0) is 11.8. The van der Waals surface area contributed by atoms with E-state index in [9.17, 15) is 0 Å². The van der Waals surface area contributed by atoms with Crippen molar-refractivity contribution in [1.29, 1.82) is 0 Å². The third-order valence-electron chi connectivity index (χ3n) is 3.40. The minimum absolute atomic E-state index is 0.966. The van der Waals surface area contributed by atoms with Gasteiger partial charge in [0, 0.05) is 18.2 Å². The van der Waals surface area contributed by atoms with Crippen molar-refractivity contribution in [2.75, 3.05) is 0 Å². The average molecular weight is 221 g/mol. The molecule has 1 aliphatic heterocycles. The van der Waals surface area contributed by atoms with E-state index in [1.165, 1.54) is 27.8 Å². The van der Waals surface area contributed by atoms with Crippen LogP contribution in [0.25, 0.3) is 11.1 Å². The Kier molecular flexibility index (Phi) is 2.32. The Morgan fingerprint density at radius 3 is 2.41 bits per heavy atom. The van der Waals surface area contributed by atoms with Gasteiger partial charge in [0.05, 0.1) is 5.69 Å². The van der Waals surface area contributed by atoms with Gasteiger partial charge in [0.1, 0.15) is 0 Å². The summed E-state index contributed by atoms with van der Waals surface area (Å²) in [5.41, 5.74) is 7.74. The second-order valence-corrected chi connectivity index (χ2v) is 4.60. The maximum atomic E-state index is 4.53. The SMILES string of the molecule is Cc1cccc(C)c1-c1cccc2c1N=CC2.